The lowest BCUT2D eigenvalue weighted by atomic mass is 10.1. The number of benzene rings is 1. The molecule has 1 aromatic carbocycles. The first-order valence-electron chi connectivity index (χ1n) is 7.44. The highest BCUT2D eigenvalue weighted by Crippen LogP contribution is 2.43. The molecule has 0 bridgehead atoms. The van der Waals surface area contributed by atoms with Crippen molar-refractivity contribution < 1.29 is 27.0 Å². The molecule has 134 valence electrons. The Morgan fingerprint density at radius 3 is 2.46 bits per heavy atom. The second-order valence-electron chi connectivity index (χ2n) is 5.25. The van der Waals surface area contributed by atoms with Gasteiger partial charge in [0.25, 0.3) is 5.69 Å². The van der Waals surface area contributed by atoms with Crippen molar-refractivity contribution in [3.63, 3.8) is 0 Å². The molecule has 2 unspecified atom stereocenters. The molecule has 0 aliphatic carbocycles. The third-order valence-electron chi connectivity index (χ3n) is 3.96. The van der Waals surface area contributed by atoms with E-state index in [1.165, 1.54) is 18.2 Å². The lowest BCUT2D eigenvalue weighted by Gasteiger charge is -2.24. The zero-order valence-electron chi connectivity index (χ0n) is 13.6. The molecule has 1 N–H and O–H groups in total. The van der Waals surface area contributed by atoms with Gasteiger partial charge in [-0.2, -0.15) is 13.1 Å². The van der Waals surface area contributed by atoms with E-state index in [4.69, 9.17) is 9.47 Å². The van der Waals surface area contributed by atoms with Crippen molar-refractivity contribution in [2.45, 2.75) is 44.8 Å². The van der Waals surface area contributed by atoms with Gasteiger partial charge < -0.3 is 9.47 Å². The summed E-state index contributed by atoms with van der Waals surface area (Å²) in [7, 11) is -3.06. The quantitative estimate of drug-likeness (QED) is 0.584. The van der Waals surface area contributed by atoms with Crippen LogP contribution < -0.4 is 4.72 Å². The summed E-state index contributed by atoms with van der Waals surface area (Å²) in [5.41, 5.74) is 0.0609. The summed E-state index contributed by atoms with van der Waals surface area (Å²) in [5, 5.41) is 11.3. The fourth-order valence-electron chi connectivity index (χ4n) is 2.59. The van der Waals surface area contributed by atoms with E-state index in [1.807, 2.05) is 13.8 Å². The fraction of sp³-hybridized carbons (Fsp3) is 0.571. The average molecular weight is 360 g/mol. The number of nitrogens with zero attached hydrogens (tertiary/aromatic N) is 1. The highest BCUT2D eigenvalue weighted by Gasteiger charge is 2.49. The van der Waals surface area contributed by atoms with Crippen molar-refractivity contribution in [2.24, 2.45) is 0 Å². The van der Waals surface area contributed by atoms with Gasteiger partial charge in [0.1, 0.15) is 6.10 Å². The van der Waals surface area contributed by atoms with E-state index >= 15 is 0 Å². The first-order valence-corrected chi connectivity index (χ1v) is 8.85. The first-order chi connectivity index (χ1) is 11.3. The van der Waals surface area contributed by atoms with Crippen LogP contribution in [0.3, 0.4) is 0 Å². The SMILES string of the molecule is CCC1(CC)OC(NS(=O)(=O)OC)C(c2ccccc2[N+](=O)[O-])O1. The van der Waals surface area contributed by atoms with E-state index in [2.05, 4.69) is 8.91 Å². The van der Waals surface area contributed by atoms with Crippen LogP contribution in [0.1, 0.15) is 38.4 Å². The Bertz CT molecular complexity index is 703. The standard InChI is InChI=1S/C14H20N2O7S/c1-4-14(5-2)22-12(13(23-14)15-24(19,20)21-3)10-8-6-7-9-11(10)16(17)18/h6-9,12-13,15H,4-5H2,1-3H3. The zero-order chi connectivity index (χ0) is 18.0. The molecule has 0 radical (unpaired) electrons. The molecule has 1 aliphatic heterocycles. The van der Waals surface area contributed by atoms with Gasteiger partial charge in [0.15, 0.2) is 12.0 Å². The van der Waals surface area contributed by atoms with Gasteiger partial charge in [0.2, 0.25) is 0 Å². The number of hydrogen-bond donors (Lipinski definition) is 1. The van der Waals surface area contributed by atoms with Gasteiger partial charge in [-0.15, -0.1) is 0 Å². The molecule has 1 saturated heterocycles. The lowest BCUT2D eigenvalue weighted by molar-refractivity contribution is -0.386. The third-order valence-corrected chi connectivity index (χ3v) is 4.92. The van der Waals surface area contributed by atoms with Crippen LogP contribution in [0.25, 0.3) is 0 Å². The molecule has 0 aromatic heterocycles. The van der Waals surface area contributed by atoms with Gasteiger partial charge in [-0.25, -0.2) is 0 Å². The molecular weight excluding hydrogens is 340 g/mol. The second kappa shape index (κ2) is 7.11. The molecule has 1 aromatic rings. The molecule has 0 spiro atoms. The molecule has 0 amide bonds. The average Bonchev–Trinajstić information content (AvgIpc) is 2.93. The number of ether oxygens (including phenoxy) is 2. The molecule has 24 heavy (non-hydrogen) atoms. The van der Waals surface area contributed by atoms with Crippen LogP contribution in [-0.2, 0) is 24.0 Å². The monoisotopic (exact) mass is 360 g/mol. The Balaban J connectivity index is 2.46. The molecule has 2 rings (SSSR count). The minimum absolute atomic E-state index is 0.171. The van der Waals surface area contributed by atoms with Crippen molar-refractivity contribution in [1.29, 1.82) is 0 Å². The van der Waals surface area contributed by atoms with Crippen LogP contribution in [0.15, 0.2) is 24.3 Å². The molecular formula is C14H20N2O7S. The summed E-state index contributed by atoms with van der Waals surface area (Å²) in [6.45, 7) is 3.65. The van der Waals surface area contributed by atoms with E-state index in [9.17, 15) is 18.5 Å². The van der Waals surface area contributed by atoms with Crippen molar-refractivity contribution in [2.75, 3.05) is 7.11 Å². The van der Waals surface area contributed by atoms with Gasteiger partial charge in [-0.3, -0.25) is 14.3 Å². The first kappa shape index (κ1) is 18.7. The number of hydrogen-bond acceptors (Lipinski definition) is 7. The van der Waals surface area contributed by atoms with Crippen LogP contribution >= 0.6 is 0 Å². The molecule has 1 heterocycles. The maximum atomic E-state index is 11.7. The predicted octanol–water partition coefficient (Wildman–Crippen LogP) is 2.01. The second-order valence-corrected chi connectivity index (χ2v) is 6.73. The summed E-state index contributed by atoms with van der Waals surface area (Å²) in [6.07, 6.45) is -1.22. The number of nitro groups is 1. The Labute approximate surface area is 140 Å². The van der Waals surface area contributed by atoms with Crippen molar-refractivity contribution >= 4 is 16.0 Å². The maximum Gasteiger partial charge on any atom is 0.337 e. The van der Waals surface area contributed by atoms with Crippen LogP contribution in [-0.4, -0.2) is 32.5 Å². The van der Waals surface area contributed by atoms with Gasteiger partial charge >= 0.3 is 10.3 Å². The smallest absolute Gasteiger partial charge is 0.337 e. The van der Waals surface area contributed by atoms with Gasteiger partial charge in [0, 0.05) is 6.07 Å². The van der Waals surface area contributed by atoms with E-state index in [-0.39, 0.29) is 11.3 Å². The molecule has 10 heteroatoms. The Morgan fingerprint density at radius 1 is 1.29 bits per heavy atom. The van der Waals surface area contributed by atoms with Gasteiger partial charge in [0.05, 0.1) is 17.6 Å². The molecule has 9 nitrogen and oxygen atoms in total. The summed E-state index contributed by atoms with van der Waals surface area (Å²) in [5.74, 6) is -1.03. The normalized spacial score (nSPS) is 23.3. The number of nitro benzene ring substituents is 1. The maximum absolute atomic E-state index is 11.7. The van der Waals surface area contributed by atoms with E-state index in [1.54, 1.807) is 6.07 Å². The lowest BCUT2D eigenvalue weighted by Crippen LogP contribution is -2.40. The highest BCUT2D eigenvalue weighted by atomic mass is 32.2. The molecule has 0 saturated carbocycles. The number of para-hydroxylation sites is 1. The summed E-state index contributed by atoms with van der Waals surface area (Å²) in [6, 6.07) is 5.99. The summed E-state index contributed by atoms with van der Waals surface area (Å²) < 4.78 is 41.8. The van der Waals surface area contributed by atoms with Crippen molar-refractivity contribution in [3.05, 3.63) is 39.9 Å². The predicted molar refractivity (Wildman–Crippen MR) is 84.2 cm³/mol. The highest BCUT2D eigenvalue weighted by molar-refractivity contribution is 7.84. The third kappa shape index (κ3) is 3.73. The number of rotatable bonds is 7. The van der Waals surface area contributed by atoms with Crippen LogP contribution in [0.2, 0.25) is 0 Å². The van der Waals surface area contributed by atoms with Crippen LogP contribution in [0.5, 0.6) is 0 Å². The minimum atomic E-state index is -4.07. The largest absolute Gasteiger partial charge is 0.337 e. The molecule has 2 atom stereocenters. The van der Waals surface area contributed by atoms with E-state index in [0.29, 0.717) is 12.8 Å². The van der Waals surface area contributed by atoms with Crippen molar-refractivity contribution in [1.82, 2.24) is 4.72 Å². The number of nitrogens with one attached hydrogen (secondary N) is 1. The Kier molecular flexibility index (Phi) is 5.56. The van der Waals surface area contributed by atoms with Crippen LogP contribution in [0.4, 0.5) is 5.69 Å². The van der Waals surface area contributed by atoms with E-state index in [0.717, 1.165) is 7.11 Å². The Hall–Kier alpha value is -1.59. The van der Waals surface area contributed by atoms with E-state index < -0.39 is 33.3 Å². The topological polar surface area (TPSA) is 117 Å². The Morgan fingerprint density at radius 2 is 1.92 bits per heavy atom. The minimum Gasteiger partial charge on any atom is -0.337 e. The van der Waals surface area contributed by atoms with Gasteiger partial charge in [-0.05, 0) is 18.9 Å². The summed E-state index contributed by atoms with van der Waals surface area (Å²) >= 11 is 0. The fourth-order valence-corrected chi connectivity index (χ4v) is 3.15. The zero-order valence-corrected chi connectivity index (χ0v) is 14.4. The molecule has 1 aliphatic rings. The van der Waals surface area contributed by atoms with Crippen LogP contribution in [0, 0.1) is 10.1 Å². The molecule has 1 fully saturated rings. The van der Waals surface area contributed by atoms with Gasteiger partial charge in [-0.1, -0.05) is 26.0 Å². The van der Waals surface area contributed by atoms with Crippen molar-refractivity contribution in [3.8, 4) is 0 Å². The summed E-state index contributed by atoms with van der Waals surface area (Å²) in [4.78, 5) is 10.7.